The Labute approximate surface area is 371 Å². The van der Waals surface area contributed by atoms with E-state index in [2.05, 4.69) is 0 Å². The highest BCUT2D eigenvalue weighted by molar-refractivity contribution is 7.87. The summed E-state index contributed by atoms with van der Waals surface area (Å²) in [6, 6.07) is 9.15. The van der Waals surface area contributed by atoms with Crippen molar-refractivity contribution in [2.24, 2.45) is 0 Å². The zero-order chi connectivity index (χ0) is 47.4. The topological polar surface area (TPSA) is 291 Å². The van der Waals surface area contributed by atoms with Gasteiger partial charge in [0.2, 0.25) is 5.69 Å². The fraction of sp³-hybridized carbons (Fsp3) is 0.381. The molecule has 0 amide bonds. The van der Waals surface area contributed by atoms with Gasteiger partial charge < -0.3 is 37.7 Å². The molecule has 0 saturated carbocycles. The van der Waals surface area contributed by atoms with E-state index in [0.29, 0.717) is 71.9 Å². The maximum atomic E-state index is 12.5. The number of aliphatic carboxylic acids is 1. The van der Waals surface area contributed by atoms with Crippen LogP contribution >= 0.6 is 0 Å². The van der Waals surface area contributed by atoms with Gasteiger partial charge in [-0.05, 0) is 104 Å². The average Bonchev–Trinajstić information content (AvgIpc) is 3.56. The Morgan fingerprint density at radius 3 is 1.78 bits per heavy atom. The highest BCUT2D eigenvalue weighted by Crippen LogP contribution is 2.54. The smallest absolute Gasteiger partial charge is 0.303 e. The normalized spacial score (nSPS) is 18.5. The molecule has 2 aliphatic heterocycles. The first kappa shape index (κ1) is 48.8. The van der Waals surface area contributed by atoms with Gasteiger partial charge in [0.05, 0.1) is 31.6 Å². The summed E-state index contributed by atoms with van der Waals surface area (Å²) in [5.74, 6) is -0.957. The molecule has 1 N–H and O–H groups in total. The van der Waals surface area contributed by atoms with Crippen LogP contribution in [0.25, 0.3) is 21.5 Å². The molecule has 18 nitrogen and oxygen atoms in total. The molecule has 0 fully saturated rings. The van der Waals surface area contributed by atoms with E-state index >= 15 is 0 Å². The summed E-state index contributed by atoms with van der Waals surface area (Å²) in [6.45, 7) is 6.26. The van der Waals surface area contributed by atoms with Gasteiger partial charge in [0.25, 0.3) is 0 Å². The second-order valence-electron chi connectivity index (χ2n) is 16.3. The largest absolute Gasteiger partial charge is 0.744 e. The second-order valence-corrected chi connectivity index (χ2v) is 21.7. The van der Waals surface area contributed by atoms with E-state index in [0.717, 1.165) is 12.1 Å². The summed E-state index contributed by atoms with van der Waals surface area (Å²) >= 11 is 0. The molecule has 1 atom stereocenters. The second kappa shape index (κ2) is 17.6. The monoisotopic (exact) mass is 961 g/mol. The van der Waals surface area contributed by atoms with Crippen LogP contribution in [-0.2, 0) is 65.6 Å². The number of anilines is 1. The highest BCUT2D eigenvalue weighted by atomic mass is 32.2. The molecule has 0 bridgehead atoms. The van der Waals surface area contributed by atoms with E-state index in [-0.39, 0.29) is 54.1 Å². The first-order chi connectivity index (χ1) is 29.7. The average molecular weight is 962 g/mol. The number of hydrogen-bond donors (Lipinski definition) is 1. The van der Waals surface area contributed by atoms with Crippen LogP contribution in [0.5, 0.6) is 0 Å². The summed E-state index contributed by atoms with van der Waals surface area (Å²) in [6.07, 6.45) is 6.80. The number of carboxylic acid groups (broad SMARTS) is 1. The third-order valence-corrected chi connectivity index (χ3v) is 15.2. The number of ether oxygens (including phenoxy) is 2. The van der Waals surface area contributed by atoms with Gasteiger partial charge >= 0.3 is 5.97 Å². The fourth-order valence-corrected chi connectivity index (χ4v) is 11.7. The molecule has 1 unspecified atom stereocenters. The van der Waals surface area contributed by atoms with Crippen molar-refractivity contribution in [1.29, 1.82) is 0 Å². The number of fused-ring (bicyclic) bond motifs is 6. The van der Waals surface area contributed by atoms with Gasteiger partial charge in [-0.3, -0.25) is 4.79 Å². The molecule has 0 spiro atoms. The molecule has 4 aromatic carbocycles. The van der Waals surface area contributed by atoms with Crippen molar-refractivity contribution >= 4 is 85.1 Å². The number of rotatable bonds is 18. The lowest BCUT2D eigenvalue weighted by molar-refractivity contribution is -0.438. The highest BCUT2D eigenvalue weighted by Gasteiger charge is 2.47. The molecular weight excluding hydrogens is 917 g/mol. The Balaban J connectivity index is 1.60. The summed E-state index contributed by atoms with van der Waals surface area (Å²) in [5.41, 5.74) is 0.846. The lowest BCUT2D eigenvalue weighted by Gasteiger charge is -2.30. The number of carboxylic acids is 1. The lowest BCUT2D eigenvalue weighted by Crippen LogP contribution is -2.32. The van der Waals surface area contributed by atoms with Crippen molar-refractivity contribution < 1.29 is 75.8 Å². The summed E-state index contributed by atoms with van der Waals surface area (Å²) in [5, 5.41) is 9.10. The number of unbranched alkanes of at least 4 members (excludes halogenated alkanes) is 2. The van der Waals surface area contributed by atoms with Crippen molar-refractivity contribution in [1.82, 2.24) is 0 Å². The Morgan fingerprint density at radius 1 is 0.719 bits per heavy atom. The van der Waals surface area contributed by atoms with E-state index in [1.54, 1.807) is 44.2 Å². The third-order valence-electron chi connectivity index (χ3n) is 11.9. The first-order valence-corrected chi connectivity index (χ1v) is 25.4. The molecule has 2 heterocycles. The van der Waals surface area contributed by atoms with Gasteiger partial charge in [0.15, 0.2) is 5.71 Å². The standard InChI is InChI=1S/C42H48N2O16S4/c1-41(2)36(43(18-8-6-7-12-38(45)46)32-15-13-28-30(39(32)41)22-26(61(47,48)49)24-34(28)63(53,54)55)10-9-11-37-42(3,17-20-59-4)40-31-23-27(62(50,51)52)25-35(64(56,57)58)29(31)14-16-33(40)44(37)19-21-60-5/h9-11,13-16,22-25H,6-8,12,17-21H2,1-5H3,(H4-,45,46,47,48,49,50,51,52,53,54,55,56,57,58)/p-3. The fourth-order valence-electron chi connectivity index (χ4n) is 9.02. The molecule has 0 aliphatic carbocycles. The van der Waals surface area contributed by atoms with Crippen LogP contribution < -0.4 is 4.90 Å². The Hall–Kier alpha value is -4.62. The predicted molar refractivity (Wildman–Crippen MR) is 229 cm³/mol. The van der Waals surface area contributed by atoms with E-state index in [1.165, 1.54) is 26.4 Å². The number of benzene rings is 4. The minimum Gasteiger partial charge on any atom is -0.744 e. The van der Waals surface area contributed by atoms with Gasteiger partial charge in [0.1, 0.15) is 47.0 Å². The van der Waals surface area contributed by atoms with Gasteiger partial charge in [-0.15, -0.1) is 0 Å². The van der Waals surface area contributed by atoms with Crippen LogP contribution in [0.3, 0.4) is 0 Å². The molecule has 0 saturated heterocycles. The van der Waals surface area contributed by atoms with Crippen molar-refractivity contribution in [3.63, 3.8) is 0 Å². The summed E-state index contributed by atoms with van der Waals surface area (Å²) in [7, 11) is -18.1. The number of allylic oxidation sites excluding steroid dienone is 4. The van der Waals surface area contributed by atoms with Crippen molar-refractivity contribution in [3.8, 4) is 0 Å². The number of hydrogen-bond acceptors (Lipinski definition) is 16. The van der Waals surface area contributed by atoms with Gasteiger partial charge in [0, 0.05) is 80.1 Å². The molecule has 22 heteroatoms. The van der Waals surface area contributed by atoms with Crippen LogP contribution in [0.1, 0.15) is 64.0 Å². The van der Waals surface area contributed by atoms with Crippen LogP contribution in [0.2, 0.25) is 0 Å². The first-order valence-electron chi connectivity index (χ1n) is 19.7. The molecule has 64 heavy (non-hydrogen) atoms. The molecular formula is C42H45N2O16S4-3. The number of nitrogens with zero attached hydrogens (tertiary/aromatic N) is 2. The lowest BCUT2D eigenvalue weighted by atomic mass is 9.76. The van der Waals surface area contributed by atoms with Crippen LogP contribution in [0.15, 0.2) is 92.0 Å². The van der Waals surface area contributed by atoms with Crippen molar-refractivity contribution in [2.75, 3.05) is 45.4 Å². The van der Waals surface area contributed by atoms with Crippen LogP contribution in [-0.4, -0.2) is 114 Å². The Kier molecular flexibility index (Phi) is 13.5. The zero-order valence-corrected chi connectivity index (χ0v) is 38.6. The van der Waals surface area contributed by atoms with E-state index in [9.17, 15) is 61.8 Å². The van der Waals surface area contributed by atoms with E-state index in [4.69, 9.17) is 9.47 Å². The Morgan fingerprint density at radius 2 is 1.27 bits per heavy atom. The molecule has 4 aromatic rings. The maximum Gasteiger partial charge on any atom is 0.303 e. The Bertz CT molecular complexity index is 3140. The summed E-state index contributed by atoms with van der Waals surface area (Å²) in [4.78, 5) is 9.54. The number of carbonyl (C=O) groups is 1. The molecule has 0 aromatic heterocycles. The predicted octanol–water partition coefficient (Wildman–Crippen LogP) is 4.53. The van der Waals surface area contributed by atoms with E-state index < -0.39 is 76.9 Å². The third kappa shape index (κ3) is 9.26. The van der Waals surface area contributed by atoms with Crippen molar-refractivity contribution in [2.45, 2.75) is 83.3 Å². The number of methoxy groups -OCH3 is 2. The zero-order valence-electron chi connectivity index (χ0n) is 35.3. The minimum absolute atomic E-state index is 0.0406. The minimum atomic E-state index is -5.30. The maximum absolute atomic E-state index is 12.5. The van der Waals surface area contributed by atoms with Gasteiger partial charge in [-0.1, -0.05) is 12.1 Å². The van der Waals surface area contributed by atoms with Gasteiger partial charge in [-0.25, -0.2) is 33.7 Å². The molecule has 346 valence electrons. The quantitative estimate of drug-likeness (QED) is 0.0814. The SMILES string of the molecule is COCCN1/C(=C/C=C/C2=[N+](CCCCCC(=O)O)c3ccc4c(S(=O)(=O)[O-])cc(S(=O)(=O)[O-])cc4c3C2(C)C)C(C)(CCOC)c2c1ccc1c(S(=O)(=O)[O-])cc(S(=O)(=O)[O-])cc21. The molecule has 2 aliphatic rings. The van der Waals surface area contributed by atoms with Crippen molar-refractivity contribution in [3.05, 3.63) is 83.6 Å². The van der Waals surface area contributed by atoms with Crippen LogP contribution in [0.4, 0.5) is 11.4 Å². The van der Waals surface area contributed by atoms with Crippen LogP contribution in [0, 0.1) is 0 Å². The molecule has 6 rings (SSSR count). The van der Waals surface area contributed by atoms with E-state index in [1.807, 2.05) is 16.4 Å². The van der Waals surface area contributed by atoms with Gasteiger partial charge in [-0.2, -0.15) is 4.58 Å². The molecule has 0 radical (unpaired) electrons. The summed E-state index contributed by atoms with van der Waals surface area (Å²) < 4.78 is 162.